The molecule has 0 unspecified atom stereocenters. The summed E-state index contributed by atoms with van der Waals surface area (Å²) in [7, 11) is 0. The minimum Gasteiger partial charge on any atom is -0.443 e. The highest BCUT2D eigenvalue weighted by atomic mass is 32.1. The molecular weight excluding hydrogens is 188 g/mol. The average Bonchev–Trinajstić information content (AvgIpc) is 2.54. The van der Waals surface area contributed by atoms with Crippen LogP contribution in [0.5, 0.6) is 0 Å². The zero-order chi connectivity index (χ0) is 8.39. The fraction of sp³-hybridized carbons (Fsp3) is 0. The van der Waals surface area contributed by atoms with Crippen molar-refractivity contribution in [2.75, 3.05) is 0 Å². The smallest absolute Gasteiger partial charge is 0.247 e. The minimum atomic E-state index is 0.578. The third-order valence-electron chi connectivity index (χ3n) is 1.51. The van der Waals surface area contributed by atoms with Gasteiger partial charge in [0.05, 0.1) is 4.88 Å². The minimum absolute atomic E-state index is 0.578. The Bertz CT molecular complexity index is 413. The Labute approximate surface area is 79.3 Å². The fourth-order valence-electron chi connectivity index (χ4n) is 0.969. The molecule has 1 aromatic carbocycles. The number of benzene rings is 1. The van der Waals surface area contributed by atoms with Crippen LogP contribution < -0.4 is 0 Å². The van der Waals surface area contributed by atoms with E-state index in [2.05, 4.69) is 0 Å². The van der Waals surface area contributed by atoms with Gasteiger partial charge in [-0.3, -0.25) is 0 Å². The van der Waals surface area contributed by atoms with Crippen LogP contribution in [0.1, 0.15) is 0 Å². The SMILES string of the molecule is S=c1occ(-c2ccccc2)s1. The molecule has 0 saturated heterocycles. The molecule has 2 rings (SSSR count). The highest BCUT2D eigenvalue weighted by molar-refractivity contribution is 7.73. The molecule has 0 fully saturated rings. The Kier molecular flexibility index (Phi) is 2.06. The first-order chi connectivity index (χ1) is 5.86. The maximum absolute atomic E-state index is 5.05. The zero-order valence-corrected chi connectivity index (χ0v) is 7.82. The van der Waals surface area contributed by atoms with E-state index in [1.165, 1.54) is 11.3 Å². The van der Waals surface area contributed by atoms with Gasteiger partial charge in [-0.1, -0.05) is 41.7 Å². The molecule has 0 spiro atoms. The Hall–Kier alpha value is -0.930. The summed E-state index contributed by atoms with van der Waals surface area (Å²) in [4.78, 5) is 1.08. The van der Waals surface area contributed by atoms with Crippen LogP contribution in [-0.4, -0.2) is 0 Å². The predicted octanol–water partition coefficient (Wildman–Crippen LogP) is 3.74. The highest BCUT2D eigenvalue weighted by Crippen LogP contribution is 2.24. The van der Waals surface area contributed by atoms with E-state index in [9.17, 15) is 0 Å². The second-order valence-electron chi connectivity index (χ2n) is 2.32. The van der Waals surface area contributed by atoms with Crippen molar-refractivity contribution >= 4 is 23.6 Å². The summed E-state index contributed by atoms with van der Waals surface area (Å²) in [6, 6.07) is 10.1. The largest absolute Gasteiger partial charge is 0.443 e. The quantitative estimate of drug-likeness (QED) is 0.641. The first-order valence-corrected chi connectivity index (χ1v) is 4.73. The van der Waals surface area contributed by atoms with Gasteiger partial charge in [-0.2, -0.15) is 0 Å². The molecule has 0 atom stereocenters. The third-order valence-corrected chi connectivity index (χ3v) is 2.67. The average molecular weight is 194 g/mol. The normalized spacial score (nSPS) is 10.0. The van der Waals surface area contributed by atoms with Gasteiger partial charge in [-0.25, -0.2) is 0 Å². The summed E-state index contributed by atoms with van der Waals surface area (Å²) in [5, 5.41) is 0. The lowest BCUT2D eigenvalue weighted by atomic mass is 10.2. The maximum atomic E-state index is 5.05. The van der Waals surface area contributed by atoms with E-state index in [0.29, 0.717) is 4.02 Å². The summed E-state index contributed by atoms with van der Waals surface area (Å²) in [6.45, 7) is 0. The van der Waals surface area contributed by atoms with E-state index < -0.39 is 0 Å². The Balaban J connectivity index is 2.51. The molecule has 0 saturated carbocycles. The van der Waals surface area contributed by atoms with Crippen LogP contribution in [0, 0.1) is 4.02 Å². The number of hydrogen-bond acceptors (Lipinski definition) is 3. The molecule has 0 N–H and O–H groups in total. The summed E-state index contributed by atoms with van der Waals surface area (Å²) >= 11 is 6.37. The molecule has 0 aliphatic rings. The molecule has 0 radical (unpaired) electrons. The molecule has 60 valence electrons. The van der Waals surface area contributed by atoms with Crippen molar-refractivity contribution in [3.63, 3.8) is 0 Å². The lowest BCUT2D eigenvalue weighted by molar-refractivity contribution is 0.560. The summed E-state index contributed by atoms with van der Waals surface area (Å²) in [6.07, 6.45) is 1.70. The van der Waals surface area contributed by atoms with Crippen LogP contribution in [-0.2, 0) is 0 Å². The summed E-state index contributed by atoms with van der Waals surface area (Å²) < 4.78 is 5.63. The van der Waals surface area contributed by atoms with E-state index in [1.54, 1.807) is 6.26 Å². The van der Waals surface area contributed by atoms with Crippen molar-refractivity contribution < 1.29 is 4.42 Å². The van der Waals surface area contributed by atoms with E-state index in [0.717, 1.165) is 10.4 Å². The second kappa shape index (κ2) is 3.21. The van der Waals surface area contributed by atoms with Gasteiger partial charge in [0.15, 0.2) is 0 Å². The molecular formula is C9H6OS2. The van der Waals surface area contributed by atoms with Crippen molar-refractivity contribution in [1.82, 2.24) is 0 Å². The van der Waals surface area contributed by atoms with Crippen LogP contribution >= 0.6 is 23.6 Å². The summed E-state index contributed by atoms with van der Waals surface area (Å²) in [5.41, 5.74) is 1.15. The number of hydrogen-bond donors (Lipinski definition) is 0. The van der Waals surface area contributed by atoms with Crippen LogP contribution in [0.15, 0.2) is 41.0 Å². The molecule has 3 heteroatoms. The van der Waals surface area contributed by atoms with Crippen molar-refractivity contribution in [2.45, 2.75) is 0 Å². The van der Waals surface area contributed by atoms with Crippen LogP contribution in [0.2, 0.25) is 0 Å². The van der Waals surface area contributed by atoms with E-state index in [-0.39, 0.29) is 0 Å². The molecule has 0 bridgehead atoms. The van der Waals surface area contributed by atoms with Crippen LogP contribution in [0.3, 0.4) is 0 Å². The fourth-order valence-corrected chi connectivity index (χ4v) is 1.91. The molecule has 0 aliphatic heterocycles. The van der Waals surface area contributed by atoms with Crippen LogP contribution in [0.4, 0.5) is 0 Å². The van der Waals surface area contributed by atoms with Gasteiger partial charge in [0.1, 0.15) is 6.26 Å². The lowest BCUT2D eigenvalue weighted by Crippen LogP contribution is -1.67. The van der Waals surface area contributed by atoms with Crippen molar-refractivity contribution in [3.05, 3.63) is 40.6 Å². The molecule has 1 nitrogen and oxygen atoms in total. The van der Waals surface area contributed by atoms with Gasteiger partial charge in [0, 0.05) is 0 Å². The molecule has 1 aromatic heterocycles. The molecule has 12 heavy (non-hydrogen) atoms. The third kappa shape index (κ3) is 1.47. The second-order valence-corrected chi connectivity index (χ2v) is 3.96. The monoisotopic (exact) mass is 194 g/mol. The Morgan fingerprint density at radius 2 is 1.92 bits per heavy atom. The van der Waals surface area contributed by atoms with E-state index >= 15 is 0 Å². The highest BCUT2D eigenvalue weighted by Gasteiger charge is 1.98. The maximum Gasteiger partial charge on any atom is 0.247 e. The van der Waals surface area contributed by atoms with E-state index in [1.807, 2.05) is 30.3 Å². The van der Waals surface area contributed by atoms with Gasteiger partial charge in [0.25, 0.3) is 0 Å². The number of rotatable bonds is 1. The van der Waals surface area contributed by atoms with Crippen molar-refractivity contribution in [2.24, 2.45) is 0 Å². The van der Waals surface area contributed by atoms with E-state index in [4.69, 9.17) is 16.6 Å². The molecule has 0 aliphatic carbocycles. The van der Waals surface area contributed by atoms with Crippen LogP contribution in [0.25, 0.3) is 10.4 Å². The summed E-state index contributed by atoms with van der Waals surface area (Å²) in [5.74, 6) is 0. The predicted molar refractivity (Wildman–Crippen MR) is 52.9 cm³/mol. The molecule has 0 amide bonds. The van der Waals surface area contributed by atoms with Gasteiger partial charge in [0.2, 0.25) is 4.02 Å². The topological polar surface area (TPSA) is 13.1 Å². The lowest BCUT2D eigenvalue weighted by Gasteiger charge is -1.91. The van der Waals surface area contributed by atoms with Gasteiger partial charge < -0.3 is 4.42 Å². The Morgan fingerprint density at radius 3 is 2.50 bits per heavy atom. The zero-order valence-electron chi connectivity index (χ0n) is 6.19. The Morgan fingerprint density at radius 1 is 1.17 bits per heavy atom. The van der Waals surface area contributed by atoms with Crippen molar-refractivity contribution in [3.8, 4) is 10.4 Å². The van der Waals surface area contributed by atoms with Gasteiger partial charge >= 0.3 is 0 Å². The van der Waals surface area contributed by atoms with Crippen molar-refractivity contribution in [1.29, 1.82) is 0 Å². The first kappa shape index (κ1) is 7.71. The molecule has 1 heterocycles. The molecule has 2 aromatic rings. The van der Waals surface area contributed by atoms with Gasteiger partial charge in [-0.15, -0.1) is 0 Å². The standard InChI is InChI=1S/C9H6OS2/c11-9-10-6-8(12-9)7-4-2-1-3-5-7/h1-6H. The first-order valence-electron chi connectivity index (χ1n) is 3.50. The van der Waals surface area contributed by atoms with Gasteiger partial charge in [-0.05, 0) is 17.8 Å².